The van der Waals surface area contributed by atoms with Crippen molar-refractivity contribution in [1.82, 2.24) is 9.97 Å². The number of aromatic nitrogens is 2. The number of rotatable bonds is 7. The van der Waals surface area contributed by atoms with Crippen LogP contribution >= 0.6 is 23.1 Å². The highest BCUT2D eigenvalue weighted by molar-refractivity contribution is 7.99. The van der Waals surface area contributed by atoms with Gasteiger partial charge in [0.05, 0.1) is 25.2 Å². The van der Waals surface area contributed by atoms with Crippen molar-refractivity contribution >= 4 is 33.3 Å². The van der Waals surface area contributed by atoms with Gasteiger partial charge in [0.1, 0.15) is 22.0 Å². The average molecular weight is 350 g/mol. The molecule has 0 aliphatic rings. The fourth-order valence-electron chi connectivity index (χ4n) is 2.16. The van der Waals surface area contributed by atoms with Crippen LogP contribution < -0.4 is 0 Å². The summed E-state index contributed by atoms with van der Waals surface area (Å²) in [6, 6.07) is 6.45. The fourth-order valence-corrected chi connectivity index (χ4v) is 4.01. The Hall–Kier alpha value is -1.54. The van der Waals surface area contributed by atoms with Crippen LogP contribution in [0.1, 0.15) is 0 Å². The minimum Gasteiger partial charge on any atom is -0.394 e. The normalized spacial score (nSPS) is 11.2. The highest BCUT2D eigenvalue weighted by Crippen LogP contribution is 2.37. The van der Waals surface area contributed by atoms with E-state index in [0.29, 0.717) is 13.2 Å². The van der Waals surface area contributed by atoms with E-state index in [9.17, 15) is 4.39 Å². The first kappa shape index (κ1) is 16.3. The van der Waals surface area contributed by atoms with Gasteiger partial charge in [-0.3, -0.25) is 0 Å². The third-order valence-corrected chi connectivity index (χ3v) is 5.03. The Labute approximate surface area is 141 Å². The topological polar surface area (TPSA) is 55.2 Å². The minimum atomic E-state index is -0.250. The predicted octanol–water partition coefficient (Wildman–Crippen LogP) is 3.60. The molecule has 0 amide bonds. The van der Waals surface area contributed by atoms with Crippen LogP contribution in [0.3, 0.4) is 0 Å². The third-order valence-electron chi connectivity index (χ3n) is 3.19. The number of thiophene rings is 1. The number of halogens is 1. The van der Waals surface area contributed by atoms with Crippen molar-refractivity contribution in [2.75, 3.05) is 25.6 Å². The molecule has 0 aliphatic heterocycles. The number of hydrogen-bond acceptors (Lipinski definition) is 6. The first-order chi connectivity index (χ1) is 11.3. The second-order valence-corrected chi connectivity index (χ2v) is 6.64. The number of aliphatic hydroxyl groups excluding tert-OH is 1. The summed E-state index contributed by atoms with van der Waals surface area (Å²) in [5, 5.41) is 12.6. The van der Waals surface area contributed by atoms with Crippen molar-refractivity contribution in [1.29, 1.82) is 0 Å². The zero-order valence-corrected chi connectivity index (χ0v) is 13.9. The van der Waals surface area contributed by atoms with Crippen molar-refractivity contribution in [3.63, 3.8) is 0 Å². The Morgan fingerprint density at radius 3 is 2.78 bits per heavy atom. The molecule has 0 radical (unpaired) electrons. The molecule has 2 heterocycles. The zero-order chi connectivity index (χ0) is 16.1. The largest absolute Gasteiger partial charge is 0.394 e. The Balaban J connectivity index is 1.86. The Kier molecular flexibility index (Phi) is 5.56. The summed E-state index contributed by atoms with van der Waals surface area (Å²) >= 11 is 3.14. The quantitative estimate of drug-likeness (QED) is 0.401. The molecule has 0 saturated heterocycles. The highest BCUT2D eigenvalue weighted by atomic mass is 32.2. The van der Waals surface area contributed by atoms with Crippen LogP contribution in [-0.4, -0.2) is 40.6 Å². The molecule has 2 aromatic heterocycles. The molecule has 0 spiro atoms. The van der Waals surface area contributed by atoms with Crippen LogP contribution in [0.2, 0.25) is 0 Å². The van der Waals surface area contributed by atoms with Gasteiger partial charge in [-0.25, -0.2) is 14.4 Å². The molecule has 7 heteroatoms. The lowest BCUT2D eigenvalue weighted by Gasteiger charge is -2.06. The van der Waals surface area contributed by atoms with Gasteiger partial charge >= 0.3 is 0 Å². The molecule has 0 saturated carbocycles. The zero-order valence-electron chi connectivity index (χ0n) is 12.2. The van der Waals surface area contributed by atoms with Crippen LogP contribution in [0, 0.1) is 5.82 Å². The summed E-state index contributed by atoms with van der Waals surface area (Å²) in [6.07, 6.45) is 1.56. The summed E-state index contributed by atoms with van der Waals surface area (Å²) < 4.78 is 18.4. The van der Waals surface area contributed by atoms with Crippen molar-refractivity contribution in [3.8, 4) is 11.1 Å². The molecule has 3 rings (SSSR count). The van der Waals surface area contributed by atoms with E-state index in [0.717, 1.165) is 32.1 Å². The van der Waals surface area contributed by atoms with E-state index in [-0.39, 0.29) is 12.4 Å². The van der Waals surface area contributed by atoms with E-state index in [4.69, 9.17) is 9.84 Å². The lowest BCUT2D eigenvalue weighted by Crippen LogP contribution is -2.02. The lowest BCUT2D eigenvalue weighted by atomic mass is 10.1. The first-order valence-electron chi connectivity index (χ1n) is 7.09. The van der Waals surface area contributed by atoms with Crippen molar-refractivity contribution < 1.29 is 14.2 Å². The first-order valence-corrected chi connectivity index (χ1v) is 8.95. The van der Waals surface area contributed by atoms with Gasteiger partial charge in [-0.1, -0.05) is 12.1 Å². The molecule has 120 valence electrons. The Morgan fingerprint density at radius 2 is 2.00 bits per heavy atom. The van der Waals surface area contributed by atoms with E-state index in [1.165, 1.54) is 12.1 Å². The second kappa shape index (κ2) is 7.83. The van der Waals surface area contributed by atoms with Gasteiger partial charge in [-0.05, 0) is 17.7 Å². The molecule has 0 unspecified atom stereocenters. The van der Waals surface area contributed by atoms with Crippen LogP contribution in [0.5, 0.6) is 0 Å². The van der Waals surface area contributed by atoms with Gasteiger partial charge in [-0.15, -0.1) is 23.1 Å². The van der Waals surface area contributed by atoms with Gasteiger partial charge in [0.2, 0.25) is 0 Å². The van der Waals surface area contributed by atoms with Crippen LogP contribution in [0.4, 0.5) is 4.39 Å². The molecule has 23 heavy (non-hydrogen) atoms. The SMILES string of the molecule is OCCOCCSc1ncnc2scc(-c3ccc(F)cc3)c12. The van der Waals surface area contributed by atoms with Gasteiger partial charge in [0.15, 0.2) is 0 Å². The van der Waals surface area contributed by atoms with Crippen LogP contribution in [0.15, 0.2) is 41.0 Å². The standard InChI is InChI=1S/C16H15FN2O2S2/c17-12-3-1-11(2-4-12)13-9-23-16-14(13)15(18-10-19-16)22-8-7-21-6-5-20/h1-4,9-10,20H,5-8H2. The number of thioether (sulfide) groups is 1. The predicted molar refractivity (Wildman–Crippen MR) is 91.4 cm³/mol. The monoisotopic (exact) mass is 350 g/mol. The summed E-state index contributed by atoms with van der Waals surface area (Å²) in [5.41, 5.74) is 1.97. The number of benzene rings is 1. The van der Waals surface area contributed by atoms with Crippen molar-refractivity contribution in [3.05, 3.63) is 41.8 Å². The van der Waals surface area contributed by atoms with Gasteiger partial charge in [0, 0.05) is 16.7 Å². The number of ether oxygens (including phenoxy) is 1. The smallest absolute Gasteiger partial charge is 0.128 e. The molecule has 0 bridgehead atoms. The fraction of sp³-hybridized carbons (Fsp3) is 0.250. The maximum Gasteiger partial charge on any atom is 0.128 e. The van der Waals surface area contributed by atoms with Crippen molar-refractivity contribution in [2.24, 2.45) is 0 Å². The summed E-state index contributed by atoms with van der Waals surface area (Å²) in [4.78, 5) is 9.61. The van der Waals surface area contributed by atoms with E-state index in [2.05, 4.69) is 9.97 Å². The van der Waals surface area contributed by atoms with Crippen LogP contribution in [0.25, 0.3) is 21.3 Å². The molecule has 1 aromatic carbocycles. The molecular formula is C16H15FN2O2S2. The summed E-state index contributed by atoms with van der Waals surface area (Å²) in [5.74, 6) is 0.491. The molecule has 0 atom stereocenters. The molecule has 0 fully saturated rings. The number of aliphatic hydroxyl groups is 1. The molecule has 0 aliphatic carbocycles. The molecule has 4 nitrogen and oxygen atoms in total. The summed E-state index contributed by atoms with van der Waals surface area (Å²) in [6.45, 7) is 0.924. The number of hydrogen-bond donors (Lipinski definition) is 1. The molecular weight excluding hydrogens is 335 g/mol. The van der Waals surface area contributed by atoms with Gasteiger partial charge < -0.3 is 9.84 Å². The molecule has 3 aromatic rings. The minimum absolute atomic E-state index is 0.0294. The summed E-state index contributed by atoms with van der Waals surface area (Å²) in [7, 11) is 0. The third kappa shape index (κ3) is 3.87. The highest BCUT2D eigenvalue weighted by Gasteiger charge is 2.13. The lowest BCUT2D eigenvalue weighted by molar-refractivity contribution is 0.103. The van der Waals surface area contributed by atoms with Gasteiger partial charge in [0.25, 0.3) is 0 Å². The number of nitrogens with zero attached hydrogens (tertiary/aromatic N) is 2. The van der Waals surface area contributed by atoms with E-state index in [1.54, 1.807) is 41.6 Å². The van der Waals surface area contributed by atoms with E-state index >= 15 is 0 Å². The van der Waals surface area contributed by atoms with E-state index < -0.39 is 0 Å². The van der Waals surface area contributed by atoms with Crippen LogP contribution in [-0.2, 0) is 4.74 Å². The maximum atomic E-state index is 13.1. The Morgan fingerprint density at radius 1 is 1.17 bits per heavy atom. The number of fused-ring (bicyclic) bond motifs is 1. The second-order valence-electron chi connectivity index (χ2n) is 4.70. The van der Waals surface area contributed by atoms with Gasteiger partial charge in [-0.2, -0.15) is 0 Å². The molecule has 1 N–H and O–H groups in total. The van der Waals surface area contributed by atoms with E-state index in [1.807, 2.05) is 5.38 Å². The Bertz CT molecular complexity index is 777. The average Bonchev–Trinajstić information content (AvgIpc) is 3.00. The van der Waals surface area contributed by atoms with Crippen molar-refractivity contribution in [2.45, 2.75) is 5.03 Å². The maximum absolute atomic E-state index is 13.1.